The van der Waals surface area contributed by atoms with Crippen LogP contribution in [0.4, 0.5) is 0 Å². The zero-order valence-corrected chi connectivity index (χ0v) is 7.12. The predicted molar refractivity (Wildman–Crippen MR) is 49.5 cm³/mol. The molecular formula is C10H16O. The van der Waals surface area contributed by atoms with Gasteiger partial charge in [-0.1, -0.05) is 44.4 Å². The van der Waals surface area contributed by atoms with Crippen molar-refractivity contribution >= 4 is 0 Å². The molecule has 1 fully saturated rings. The second kappa shape index (κ2) is 7.29. The van der Waals surface area contributed by atoms with Crippen LogP contribution < -0.4 is 0 Å². The Morgan fingerprint density at radius 3 is 1.64 bits per heavy atom. The zero-order valence-electron chi connectivity index (χ0n) is 7.12. The normalized spacial score (nSPS) is 16.5. The Morgan fingerprint density at radius 2 is 1.55 bits per heavy atom. The minimum absolute atomic E-state index is 0.843. The molecule has 0 bridgehead atoms. The second-order valence-corrected chi connectivity index (χ2v) is 2.50. The molecule has 0 radical (unpaired) electrons. The summed E-state index contributed by atoms with van der Waals surface area (Å²) in [5, 5.41) is 0. The van der Waals surface area contributed by atoms with Gasteiger partial charge in [-0.25, -0.2) is 0 Å². The molecular weight excluding hydrogens is 136 g/mol. The van der Waals surface area contributed by atoms with Crippen LogP contribution in [0.3, 0.4) is 0 Å². The molecule has 0 N–H and O–H groups in total. The maximum Gasteiger partial charge on any atom is 0.0513 e. The maximum absolute atomic E-state index is 4.83. The third-order valence-corrected chi connectivity index (χ3v) is 1.19. The molecule has 0 aromatic heterocycles. The van der Waals surface area contributed by atoms with Crippen molar-refractivity contribution in [2.45, 2.75) is 6.92 Å². The van der Waals surface area contributed by atoms with Crippen LogP contribution in [-0.2, 0) is 4.74 Å². The van der Waals surface area contributed by atoms with Gasteiger partial charge in [-0.3, -0.25) is 0 Å². The molecule has 0 aromatic rings. The number of allylic oxidation sites excluding steroid dienone is 4. The van der Waals surface area contributed by atoms with Crippen molar-refractivity contribution in [1.29, 1.82) is 0 Å². The van der Waals surface area contributed by atoms with Crippen molar-refractivity contribution in [3.05, 3.63) is 37.5 Å². The molecule has 0 atom stereocenters. The Morgan fingerprint density at radius 1 is 1.18 bits per heavy atom. The van der Waals surface area contributed by atoms with E-state index >= 15 is 0 Å². The monoisotopic (exact) mass is 152 g/mol. The van der Waals surface area contributed by atoms with E-state index in [1.807, 2.05) is 12.2 Å². The van der Waals surface area contributed by atoms with Crippen LogP contribution in [0.1, 0.15) is 6.92 Å². The van der Waals surface area contributed by atoms with Gasteiger partial charge in [0.15, 0.2) is 0 Å². The Bertz CT molecular complexity index is 122. The maximum atomic E-state index is 4.83. The average Bonchev–Trinajstić information content (AvgIpc) is 1.98. The SMILES string of the molecule is C=C/C=C\C=C.CC1COC1. The van der Waals surface area contributed by atoms with Crippen LogP contribution in [0.5, 0.6) is 0 Å². The van der Waals surface area contributed by atoms with E-state index in [0.717, 1.165) is 19.1 Å². The van der Waals surface area contributed by atoms with Gasteiger partial charge in [-0.15, -0.1) is 0 Å². The molecule has 0 aromatic carbocycles. The van der Waals surface area contributed by atoms with Gasteiger partial charge in [-0.2, -0.15) is 0 Å². The highest BCUT2D eigenvalue weighted by atomic mass is 16.5. The van der Waals surface area contributed by atoms with E-state index in [2.05, 4.69) is 20.1 Å². The van der Waals surface area contributed by atoms with Gasteiger partial charge >= 0.3 is 0 Å². The lowest BCUT2D eigenvalue weighted by atomic mass is 10.2. The summed E-state index contributed by atoms with van der Waals surface area (Å²) in [5.74, 6) is 0.843. The molecule has 1 rings (SSSR count). The van der Waals surface area contributed by atoms with Crippen LogP contribution in [0.15, 0.2) is 37.5 Å². The largest absolute Gasteiger partial charge is 0.381 e. The summed E-state index contributed by atoms with van der Waals surface area (Å²) >= 11 is 0. The first kappa shape index (κ1) is 10.2. The van der Waals surface area contributed by atoms with E-state index in [1.54, 1.807) is 12.2 Å². The summed E-state index contributed by atoms with van der Waals surface area (Å²) in [4.78, 5) is 0. The van der Waals surface area contributed by atoms with Crippen molar-refractivity contribution in [3.63, 3.8) is 0 Å². The second-order valence-electron chi connectivity index (χ2n) is 2.50. The van der Waals surface area contributed by atoms with E-state index in [4.69, 9.17) is 4.74 Å². The highest BCUT2D eigenvalue weighted by Gasteiger charge is 2.09. The smallest absolute Gasteiger partial charge is 0.0513 e. The van der Waals surface area contributed by atoms with Crippen molar-refractivity contribution in [2.24, 2.45) is 5.92 Å². The molecule has 0 saturated carbocycles. The third-order valence-electron chi connectivity index (χ3n) is 1.19. The van der Waals surface area contributed by atoms with Crippen molar-refractivity contribution < 1.29 is 4.74 Å². The summed E-state index contributed by atoms with van der Waals surface area (Å²) in [6, 6.07) is 0. The van der Waals surface area contributed by atoms with Crippen LogP contribution in [0, 0.1) is 5.92 Å². The standard InChI is InChI=1S/C6H8.C4H8O/c1-3-5-6-4-2;1-4-2-5-3-4/h3-6H,1-2H2;4H,2-3H2,1H3/b6-5-;. The lowest BCUT2D eigenvalue weighted by Crippen LogP contribution is -2.23. The first-order valence-corrected chi connectivity index (χ1v) is 3.79. The quantitative estimate of drug-likeness (QED) is 0.552. The van der Waals surface area contributed by atoms with Crippen molar-refractivity contribution in [3.8, 4) is 0 Å². The lowest BCUT2D eigenvalue weighted by molar-refractivity contribution is -0.0221. The van der Waals surface area contributed by atoms with Crippen LogP contribution in [0.25, 0.3) is 0 Å². The zero-order chi connectivity index (χ0) is 8.53. The van der Waals surface area contributed by atoms with Crippen LogP contribution in [0.2, 0.25) is 0 Å². The molecule has 0 amide bonds. The molecule has 0 unspecified atom stereocenters. The molecule has 1 aliphatic heterocycles. The van der Waals surface area contributed by atoms with E-state index < -0.39 is 0 Å². The summed E-state index contributed by atoms with van der Waals surface area (Å²) in [6.07, 6.45) is 7.07. The third kappa shape index (κ3) is 7.07. The Kier molecular flexibility index (Phi) is 6.75. The highest BCUT2D eigenvalue weighted by molar-refractivity contribution is 5.05. The van der Waals surface area contributed by atoms with Crippen molar-refractivity contribution in [2.75, 3.05) is 13.2 Å². The Balaban J connectivity index is 0.000000183. The topological polar surface area (TPSA) is 9.23 Å². The van der Waals surface area contributed by atoms with Gasteiger partial charge < -0.3 is 4.74 Å². The first-order valence-electron chi connectivity index (χ1n) is 3.79. The molecule has 1 saturated heterocycles. The lowest BCUT2D eigenvalue weighted by Gasteiger charge is -2.20. The molecule has 11 heavy (non-hydrogen) atoms. The highest BCUT2D eigenvalue weighted by Crippen LogP contribution is 2.05. The van der Waals surface area contributed by atoms with Gasteiger partial charge in [0, 0.05) is 5.92 Å². The van der Waals surface area contributed by atoms with Gasteiger partial charge in [0.1, 0.15) is 0 Å². The fraction of sp³-hybridized carbons (Fsp3) is 0.400. The van der Waals surface area contributed by atoms with E-state index in [0.29, 0.717) is 0 Å². The molecule has 1 nitrogen and oxygen atoms in total. The fourth-order valence-corrected chi connectivity index (χ4v) is 0.511. The summed E-state index contributed by atoms with van der Waals surface area (Å²) in [7, 11) is 0. The first-order chi connectivity index (χ1) is 5.31. The Labute approximate surface area is 69.1 Å². The minimum Gasteiger partial charge on any atom is -0.381 e. The number of hydrogen-bond donors (Lipinski definition) is 0. The van der Waals surface area contributed by atoms with Gasteiger partial charge in [0.05, 0.1) is 13.2 Å². The summed E-state index contributed by atoms with van der Waals surface area (Å²) in [6.45, 7) is 11.1. The van der Waals surface area contributed by atoms with Crippen molar-refractivity contribution in [1.82, 2.24) is 0 Å². The fourth-order valence-electron chi connectivity index (χ4n) is 0.511. The van der Waals surface area contributed by atoms with E-state index in [1.165, 1.54) is 0 Å². The predicted octanol–water partition coefficient (Wildman–Crippen LogP) is 2.57. The molecule has 0 spiro atoms. The molecule has 1 heteroatoms. The van der Waals surface area contributed by atoms with E-state index in [-0.39, 0.29) is 0 Å². The molecule has 1 heterocycles. The number of hydrogen-bond acceptors (Lipinski definition) is 1. The van der Waals surface area contributed by atoms with Gasteiger partial charge in [-0.05, 0) is 0 Å². The molecule has 0 aliphatic carbocycles. The number of ether oxygens (including phenoxy) is 1. The van der Waals surface area contributed by atoms with Crippen LogP contribution in [-0.4, -0.2) is 13.2 Å². The Hall–Kier alpha value is -0.820. The molecule has 1 aliphatic rings. The summed E-state index contributed by atoms with van der Waals surface area (Å²) < 4.78 is 4.83. The summed E-state index contributed by atoms with van der Waals surface area (Å²) in [5.41, 5.74) is 0. The average molecular weight is 152 g/mol. The number of rotatable bonds is 2. The molecule has 62 valence electrons. The van der Waals surface area contributed by atoms with Gasteiger partial charge in [0.25, 0.3) is 0 Å². The van der Waals surface area contributed by atoms with Gasteiger partial charge in [0.2, 0.25) is 0 Å². The minimum atomic E-state index is 0.843. The van der Waals surface area contributed by atoms with E-state index in [9.17, 15) is 0 Å². The van der Waals surface area contributed by atoms with Crippen LogP contribution >= 0.6 is 0 Å².